The molecule has 0 spiro atoms. The van der Waals surface area contributed by atoms with Gasteiger partial charge in [0.25, 0.3) is 0 Å². The molecule has 138 valence electrons. The summed E-state index contributed by atoms with van der Waals surface area (Å²) in [5.74, 6) is 1.93. The van der Waals surface area contributed by atoms with Crippen LogP contribution in [0.5, 0.6) is 0 Å². The van der Waals surface area contributed by atoms with Crippen molar-refractivity contribution in [2.45, 2.75) is 71.3 Å². The summed E-state index contributed by atoms with van der Waals surface area (Å²) in [5.41, 5.74) is 8.17. The van der Waals surface area contributed by atoms with Crippen LogP contribution in [0, 0.1) is 34.5 Å². The highest BCUT2D eigenvalue weighted by molar-refractivity contribution is 5.19. The lowest BCUT2D eigenvalue weighted by molar-refractivity contribution is -0.0677. The van der Waals surface area contributed by atoms with Crippen molar-refractivity contribution >= 4 is 0 Å². The van der Waals surface area contributed by atoms with Gasteiger partial charge in [0.2, 0.25) is 0 Å². The van der Waals surface area contributed by atoms with Gasteiger partial charge in [0, 0.05) is 6.61 Å². The molecule has 0 heterocycles. The SMILES string of the molecule is C=C1CC[C@H]2[C@H](CN)[C@@H]([C@@]3(C)CC[C@H](O)C[C@@H]3CO)CCC[C@]12C. The van der Waals surface area contributed by atoms with Crippen LogP contribution in [0.25, 0.3) is 0 Å². The third-order valence-electron chi connectivity index (χ3n) is 8.47. The zero-order valence-electron chi connectivity index (χ0n) is 15.6. The molecule has 3 aliphatic rings. The Morgan fingerprint density at radius 1 is 1.17 bits per heavy atom. The lowest BCUT2D eigenvalue weighted by Crippen LogP contribution is -2.49. The molecular formula is C21H37NO2. The molecule has 7 atom stereocenters. The van der Waals surface area contributed by atoms with E-state index in [0.29, 0.717) is 17.8 Å². The summed E-state index contributed by atoms with van der Waals surface area (Å²) < 4.78 is 0. The van der Waals surface area contributed by atoms with Crippen molar-refractivity contribution in [2.75, 3.05) is 13.2 Å². The predicted octanol–water partition coefficient (Wildman–Crippen LogP) is 3.49. The highest BCUT2D eigenvalue weighted by Gasteiger charge is 2.54. The van der Waals surface area contributed by atoms with Crippen LogP contribution in [0.3, 0.4) is 0 Å². The van der Waals surface area contributed by atoms with Gasteiger partial charge >= 0.3 is 0 Å². The van der Waals surface area contributed by atoms with Gasteiger partial charge in [-0.15, -0.1) is 0 Å². The fourth-order valence-electron chi connectivity index (χ4n) is 6.74. The van der Waals surface area contributed by atoms with E-state index in [1.807, 2.05) is 0 Å². The normalized spacial score (nSPS) is 49.7. The van der Waals surface area contributed by atoms with E-state index in [9.17, 15) is 10.2 Å². The van der Waals surface area contributed by atoms with E-state index in [-0.39, 0.29) is 29.5 Å². The van der Waals surface area contributed by atoms with E-state index in [1.54, 1.807) is 0 Å². The largest absolute Gasteiger partial charge is 0.396 e. The molecule has 3 aliphatic carbocycles. The van der Waals surface area contributed by atoms with Crippen LogP contribution in [0.2, 0.25) is 0 Å². The number of aliphatic hydroxyl groups excluding tert-OH is 2. The van der Waals surface area contributed by atoms with Gasteiger partial charge in [0.1, 0.15) is 0 Å². The molecule has 3 nitrogen and oxygen atoms in total. The zero-order chi connectivity index (χ0) is 17.5. The Kier molecular flexibility index (Phi) is 5.17. The molecular weight excluding hydrogens is 298 g/mol. The fourth-order valence-corrected chi connectivity index (χ4v) is 6.74. The average molecular weight is 336 g/mol. The minimum atomic E-state index is -0.242. The zero-order valence-corrected chi connectivity index (χ0v) is 15.6. The van der Waals surface area contributed by atoms with Crippen molar-refractivity contribution in [2.24, 2.45) is 40.2 Å². The van der Waals surface area contributed by atoms with E-state index in [1.165, 1.54) is 31.3 Å². The number of nitrogens with two attached hydrogens (primary N) is 1. The van der Waals surface area contributed by atoms with Gasteiger partial charge in [0.15, 0.2) is 0 Å². The molecule has 3 saturated carbocycles. The summed E-state index contributed by atoms with van der Waals surface area (Å²) >= 11 is 0. The maximum absolute atomic E-state index is 10.1. The Balaban J connectivity index is 1.93. The molecule has 0 aliphatic heterocycles. The molecule has 0 aromatic rings. The summed E-state index contributed by atoms with van der Waals surface area (Å²) in [6, 6.07) is 0. The van der Waals surface area contributed by atoms with Gasteiger partial charge < -0.3 is 15.9 Å². The van der Waals surface area contributed by atoms with Crippen molar-refractivity contribution < 1.29 is 10.2 Å². The van der Waals surface area contributed by atoms with Gasteiger partial charge in [-0.05, 0) is 86.0 Å². The molecule has 0 bridgehead atoms. The van der Waals surface area contributed by atoms with Gasteiger partial charge in [-0.25, -0.2) is 0 Å². The number of hydrogen-bond donors (Lipinski definition) is 3. The quantitative estimate of drug-likeness (QED) is 0.692. The maximum Gasteiger partial charge on any atom is 0.0544 e. The number of hydrogen-bond acceptors (Lipinski definition) is 3. The molecule has 3 fully saturated rings. The molecule has 0 aromatic heterocycles. The first-order valence-electron chi connectivity index (χ1n) is 10.0. The van der Waals surface area contributed by atoms with Crippen molar-refractivity contribution in [3.8, 4) is 0 Å². The second-order valence-corrected chi connectivity index (χ2v) is 9.38. The third-order valence-corrected chi connectivity index (χ3v) is 8.47. The van der Waals surface area contributed by atoms with E-state index < -0.39 is 0 Å². The van der Waals surface area contributed by atoms with Gasteiger partial charge in [-0.1, -0.05) is 32.4 Å². The van der Waals surface area contributed by atoms with Crippen molar-refractivity contribution in [1.29, 1.82) is 0 Å². The van der Waals surface area contributed by atoms with Crippen LogP contribution >= 0.6 is 0 Å². The van der Waals surface area contributed by atoms with Gasteiger partial charge in [-0.2, -0.15) is 0 Å². The summed E-state index contributed by atoms with van der Waals surface area (Å²) in [6.07, 6.45) is 8.48. The van der Waals surface area contributed by atoms with Crippen molar-refractivity contribution in [3.05, 3.63) is 12.2 Å². The molecule has 24 heavy (non-hydrogen) atoms. The standard InChI is InChI=1S/C21H37NO2/c1-14-6-7-19-17(12-22)18(5-4-9-20(14,19)2)21(3)10-8-16(24)11-15(21)13-23/h15-19,23-24H,1,4-13,22H2,2-3H3/t15-,16+,17-,18+,19+,20-,21+/m1/s1. The molecule has 4 N–H and O–H groups in total. The smallest absolute Gasteiger partial charge is 0.0544 e. The Morgan fingerprint density at radius 2 is 1.92 bits per heavy atom. The lowest BCUT2D eigenvalue weighted by atomic mass is 9.54. The second kappa shape index (κ2) is 6.74. The third kappa shape index (κ3) is 2.77. The van der Waals surface area contributed by atoms with Crippen LogP contribution in [0.15, 0.2) is 12.2 Å². The Bertz CT molecular complexity index is 478. The Morgan fingerprint density at radius 3 is 2.58 bits per heavy atom. The maximum atomic E-state index is 10.1. The summed E-state index contributed by atoms with van der Waals surface area (Å²) in [5, 5.41) is 20.1. The first kappa shape index (κ1) is 18.4. The van der Waals surface area contributed by atoms with Crippen LogP contribution in [-0.2, 0) is 0 Å². The van der Waals surface area contributed by atoms with Crippen LogP contribution in [0.1, 0.15) is 65.2 Å². The van der Waals surface area contributed by atoms with E-state index >= 15 is 0 Å². The molecule has 0 amide bonds. The first-order chi connectivity index (χ1) is 11.4. The Hall–Kier alpha value is -0.380. The molecule has 3 heteroatoms. The van der Waals surface area contributed by atoms with Gasteiger partial charge in [-0.3, -0.25) is 0 Å². The van der Waals surface area contributed by atoms with E-state index in [4.69, 9.17) is 5.73 Å². The van der Waals surface area contributed by atoms with E-state index in [2.05, 4.69) is 20.4 Å². The molecule has 0 aromatic carbocycles. The highest BCUT2D eigenvalue weighted by atomic mass is 16.3. The number of allylic oxidation sites excluding steroid dienone is 1. The number of aliphatic hydroxyl groups is 2. The number of fused-ring (bicyclic) bond motifs is 1. The lowest BCUT2D eigenvalue weighted by Gasteiger charge is -2.51. The summed E-state index contributed by atoms with van der Waals surface area (Å²) in [6.45, 7) is 10.1. The number of rotatable bonds is 3. The summed E-state index contributed by atoms with van der Waals surface area (Å²) in [7, 11) is 0. The highest BCUT2D eigenvalue weighted by Crippen LogP contribution is 2.61. The second-order valence-electron chi connectivity index (χ2n) is 9.38. The van der Waals surface area contributed by atoms with Gasteiger partial charge in [0.05, 0.1) is 6.10 Å². The first-order valence-corrected chi connectivity index (χ1v) is 10.0. The van der Waals surface area contributed by atoms with E-state index in [0.717, 1.165) is 32.2 Å². The van der Waals surface area contributed by atoms with Crippen LogP contribution in [-0.4, -0.2) is 29.5 Å². The van der Waals surface area contributed by atoms with Crippen molar-refractivity contribution in [3.63, 3.8) is 0 Å². The Labute approximate surface area is 147 Å². The topological polar surface area (TPSA) is 66.5 Å². The predicted molar refractivity (Wildman–Crippen MR) is 98.4 cm³/mol. The minimum Gasteiger partial charge on any atom is -0.396 e. The molecule has 0 saturated heterocycles. The van der Waals surface area contributed by atoms with Crippen LogP contribution < -0.4 is 5.73 Å². The molecule has 3 rings (SSSR count). The molecule has 0 unspecified atom stereocenters. The van der Waals surface area contributed by atoms with Crippen LogP contribution in [0.4, 0.5) is 0 Å². The average Bonchev–Trinajstić information content (AvgIpc) is 2.76. The monoisotopic (exact) mass is 335 g/mol. The fraction of sp³-hybridized carbons (Fsp3) is 0.905. The van der Waals surface area contributed by atoms with Crippen molar-refractivity contribution in [1.82, 2.24) is 0 Å². The summed E-state index contributed by atoms with van der Waals surface area (Å²) in [4.78, 5) is 0. The minimum absolute atomic E-state index is 0.104. The molecule has 0 radical (unpaired) electrons.